The molecule has 5 aliphatic rings. The number of aliphatic hydroxyl groups is 2. The lowest BCUT2D eigenvalue weighted by molar-refractivity contribution is -0.332. The molecular formula is C31H44O7. The Balaban J connectivity index is 1.51. The Bertz CT molecular complexity index is 1040. The van der Waals surface area contributed by atoms with Gasteiger partial charge in [-0.25, -0.2) is 0 Å². The molecule has 0 amide bonds. The summed E-state index contributed by atoms with van der Waals surface area (Å²) in [4.78, 5) is 13.8. The molecule has 3 saturated heterocycles. The van der Waals surface area contributed by atoms with Crippen LogP contribution >= 0.6 is 0 Å². The largest absolute Gasteiger partial charge is 0.462 e. The molecule has 2 unspecified atom stereocenters. The molecule has 7 heteroatoms. The highest BCUT2D eigenvalue weighted by Crippen LogP contribution is 2.47. The van der Waals surface area contributed by atoms with Crippen LogP contribution in [0, 0.1) is 17.8 Å². The zero-order valence-corrected chi connectivity index (χ0v) is 23.4. The number of allylic oxidation sites excluding steroid dienone is 4. The Hall–Kier alpha value is -1.77. The molecule has 4 heterocycles. The van der Waals surface area contributed by atoms with E-state index in [1.54, 1.807) is 13.0 Å². The summed E-state index contributed by atoms with van der Waals surface area (Å²) < 4.78 is 25.2. The summed E-state index contributed by atoms with van der Waals surface area (Å²) in [5.74, 6) is -1.53. The van der Waals surface area contributed by atoms with Crippen LogP contribution in [0.25, 0.3) is 0 Å². The molecule has 7 nitrogen and oxygen atoms in total. The Morgan fingerprint density at radius 3 is 2.66 bits per heavy atom. The smallest absolute Gasteiger partial charge is 0.316 e. The molecular weight excluding hydrogens is 484 g/mol. The van der Waals surface area contributed by atoms with Crippen LogP contribution in [0.5, 0.6) is 0 Å². The highest BCUT2D eigenvalue weighted by molar-refractivity contribution is 5.78. The molecule has 210 valence electrons. The molecule has 2 bridgehead atoms. The highest BCUT2D eigenvalue weighted by Gasteiger charge is 2.60. The Morgan fingerprint density at radius 2 is 1.89 bits per heavy atom. The second kappa shape index (κ2) is 10.7. The standard InChI is InChI=1S/C31H44O7/c1-18-7-6-8-23-17-35-28-27(32)21(4)14-26(31(23,28)34)29(33)36-25-15-24(10-9-19(2)13-18)38-30(16-25)12-11-20(3)22(5)37-30/h6-9,14,18,20,22,24-28,32,34H,10-13,15-17H2,1-5H3/b7-6+,19-9+,23-8+/t18-,20-,22?,24?,25-,26-,27+,28+,30-,31+/m0/s1. The van der Waals surface area contributed by atoms with E-state index in [4.69, 9.17) is 18.9 Å². The number of hydrogen-bond donors (Lipinski definition) is 2. The number of esters is 1. The molecule has 0 aromatic rings. The number of fused-ring (bicyclic) bond motifs is 2. The average Bonchev–Trinajstić information content (AvgIpc) is 3.19. The molecule has 38 heavy (non-hydrogen) atoms. The molecule has 1 aliphatic carbocycles. The van der Waals surface area contributed by atoms with Crippen LogP contribution in [-0.2, 0) is 23.7 Å². The molecule has 0 aromatic carbocycles. The van der Waals surface area contributed by atoms with Crippen LogP contribution in [0.15, 0.2) is 47.1 Å². The molecule has 4 aliphatic heterocycles. The van der Waals surface area contributed by atoms with Gasteiger partial charge in [0.25, 0.3) is 0 Å². The monoisotopic (exact) mass is 528 g/mol. The van der Waals surface area contributed by atoms with Crippen molar-refractivity contribution >= 4 is 5.97 Å². The van der Waals surface area contributed by atoms with E-state index in [2.05, 4.69) is 39.8 Å². The quantitative estimate of drug-likeness (QED) is 0.352. The summed E-state index contributed by atoms with van der Waals surface area (Å²) >= 11 is 0. The van der Waals surface area contributed by atoms with Gasteiger partial charge in [0.1, 0.15) is 29.8 Å². The average molecular weight is 529 g/mol. The summed E-state index contributed by atoms with van der Waals surface area (Å²) in [5, 5.41) is 22.8. The van der Waals surface area contributed by atoms with Crippen molar-refractivity contribution in [1.82, 2.24) is 0 Å². The lowest BCUT2D eigenvalue weighted by atomic mass is 9.71. The fraction of sp³-hybridized carbons (Fsp3) is 0.710. The van der Waals surface area contributed by atoms with Crippen molar-refractivity contribution in [2.45, 2.75) is 115 Å². The van der Waals surface area contributed by atoms with Gasteiger partial charge in [-0.2, -0.15) is 0 Å². The topological polar surface area (TPSA) is 94.5 Å². The molecule has 0 radical (unpaired) electrons. The van der Waals surface area contributed by atoms with E-state index >= 15 is 0 Å². The van der Waals surface area contributed by atoms with Crippen molar-refractivity contribution in [2.75, 3.05) is 6.61 Å². The fourth-order valence-electron chi connectivity index (χ4n) is 6.85. The number of rotatable bonds is 0. The highest BCUT2D eigenvalue weighted by atomic mass is 16.7. The summed E-state index contributed by atoms with van der Waals surface area (Å²) in [6.07, 6.45) is 11.8. The van der Waals surface area contributed by atoms with E-state index < -0.39 is 41.6 Å². The maximum absolute atomic E-state index is 13.8. The zero-order chi connectivity index (χ0) is 27.2. The van der Waals surface area contributed by atoms with E-state index in [0.29, 0.717) is 35.8 Å². The number of carbonyl (C=O) groups is 1. The number of ether oxygens (including phenoxy) is 4. The Labute approximate surface area is 226 Å². The lowest BCUT2D eigenvalue weighted by Crippen LogP contribution is -2.58. The molecule has 5 rings (SSSR count). The lowest BCUT2D eigenvalue weighted by Gasteiger charge is -2.49. The Kier molecular flexibility index (Phi) is 7.79. The van der Waals surface area contributed by atoms with Crippen molar-refractivity contribution in [1.29, 1.82) is 0 Å². The minimum atomic E-state index is -1.68. The zero-order valence-electron chi connectivity index (χ0n) is 23.4. The third-order valence-corrected chi connectivity index (χ3v) is 9.30. The van der Waals surface area contributed by atoms with E-state index in [-0.39, 0.29) is 18.8 Å². The van der Waals surface area contributed by atoms with Gasteiger partial charge in [-0.05, 0) is 63.0 Å². The predicted octanol–water partition coefficient (Wildman–Crippen LogP) is 4.53. The van der Waals surface area contributed by atoms with E-state index in [0.717, 1.165) is 25.7 Å². The second-order valence-electron chi connectivity index (χ2n) is 12.4. The summed E-state index contributed by atoms with van der Waals surface area (Å²) in [7, 11) is 0. The number of hydrogen-bond acceptors (Lipinski definition) is 7. The van der Waals surface area contributed by atoms with Gasteiger partial charge in [0.2, 0.25) is 0 Å². The first-order valence-electron chi connectivity index (χ1n) is 14.3. The molecule has 3 fully saturated rings. The van der Waals surface area contributed by atoms with Crippen LogP contribution in [-0.4, -0.2) is 64.7 Å². The first kappa shape index (κ1) is 27.8. The minimum Gasteiger partial charge on any atom is -0.462 e. The van der Waals surface area contributed by atoms with Crippen molar-refractivity contribution in [2.24, 2.45) is 17.8 Å². The second-order valence-corrected chi connectivity index (χ2v) is 12.4. The van der Waals surface area contributed by atoms with Gasteiger partial charge in [-0.15, -0.1) is 0 Å². The predicted molar refractivity (Wildman–Crippen MR) is 143 cm³/mol. The van der Waals surface area contributed by atoms with Crippen molar-refractivity contribution in [3.8, 4) is 0 Å². The third-order valence-electron chi connectivity index (χ3n) is 9.30. The van der Waals surface area contributed by atoms with E-state index in [1.165, 1.54) is 5.57 Å². The molecule has 10 atom stereocenters. The van der Waals surface area contributed by atoms with Gasteiger partial charge in [0.15, 0.2) is 5.79 Å². The SMILES string of the molecule is CC1=C[C@H]2C(=O)O[C@H]3CC(C/C=C(\C)C[C@@H](C)/C=C/C=C4\CO[C@H]([C@@H]1O)[C@@]42O)O[C@@]1(CC[C@H](C)C(C)O1)C3. The summed E-state index contributed by atoms with van der Waals surface area (Å²) in [6.45, 7) is 10.5. The van der Waals surface area contributed by atoms with Crippen LogP contribution < -0.4 is 0 Å². The van der Waals surface area contributed by atoms with Crippen molar-refractivity contribution in [3.63, 3.8) is 0 Å². The van der Waals surface area contributed by atoms with Gasteiger partial charge < -0.3 is 29.2 Å². The first-order chi connectivity index (χ1) is 18.0. The number of carbonyl (C=O) groups excluding carboxylic acids is 1. The minimum absolute atomic E-state index is 0.0526. The van der Waals surface area contributed by atoms with Crippen LogP contribution in [0.3, 0.4) is 0 Å². The van der Waals surface area contributed by atoms with Crippen LogP contribution in [0.2, 0.25) is 0 Å². The molecule has 0 aromatic heterocycles. The number of aliphatic hydroxyl groups excluding tert-OH is 1. The molecule has 2 N–H and O–H groups in total. The summed E-state index contributed by atoms with van der Waals surface area (Å²) in [5.41, 5.74) is 0.783. The van der Waals surface area contributed by atoms with E-state index in [1.807, 2.05) is 12.2 Å². The van der Waals surface area contributed by atoms with Crippen LogP contribution in [0.4, 0.5) is 0 Å². The maximum Gasteiger partial charge on any atom is 0.316 e. The third kappa shape index (κ3) is 5.20. The fourth-order valence-corrected chi connectivity index (χ4v) is 6.85. The normalized spacial score (nSPS) is 49.7. The molecule has 1 spiro atoms. The van der Waals surface area contributed by atoms with Crippen molar-refractivity contribution < 1.29 is 34.0 Å². The van der Waals surface area contributed by atoms with E-state index in [9.17, 15) is 15.0 Å². The first-order valence-corrected chi connectivity index (χ1v) is 14.3. The van der Waals surface area contributed by atoms with Crippen LogP contribution in [0.1, 0.15) is 73.1 Å². The van der Waals surface area contributed by atoms with Crippen molar-refractivity contribution in [3.05, 3.63) is 47.1 Å². The van der Waals surface area contributed by atoms with Gasteiger partial charge in [-0.3, -0.25) is 4.79 Å². The molecule has 0 saturated carbocycles. The van der Waals surface area contributed by atoms with Gasteiger partial charge in [0.05, 0.1) is 18.8 Å². The maximum atomic E-state index is 13.8. The van der Waals surface area contributed by atoms with Gasteiger partial charge in [-0.1, -0.05) is 49.8 Å². The summed E-state index contributed by atoms with van der Waals surface area (Å²) in [6, 6.07) is 0. The van der Waals surface area contributed by atoms with Gasteiger partial charge in [0, 0.05) is 19.3 Å². The Morgan fingerprint density at radius 1 is 1.11 bits per heavy atom. The van der Waals surface area contributed by atoms with Gasteiger partial charge >= 0.3 is 5.97 Å².